The lowest BCUT2D eigenvalue weighted by Gasteiger charge is -2.22. The smallest absolute Gasteiger partial charge is 0.335 e. The lowest BCUT2D eigenvalue weighted by atomic mass is 10.1. The van der Waals surface area contributed by atoms with Crippen LogP contribution in [0.5, 0.6) is 0 Å². The highest BCUT2D eigenvalue weighted by Gasteiger charge is 2.15. The molecule has 0 saturated carbocycles. The van der Waals surface area contributed by atoms with Gasteiger partial charge in [0.25, 0.3) is 0 Å². The summed E-state index contributed by atoms with van der Waals surface area (Å²) in [6.45, 7) is 10.1. The Bertz CT molecular complexity index is 707. The molecule has 0 spiro atoms. The number of carbonyl (C=O) groups is 1. The number of aryl methyl sites for hydroxylation is 2. The van der Waals surface area contributed by atoms with Crippen molar-refractivity contribution in [3.63, 3.8) is 0 Å². The largest absolute Gasteiger partial charge is 0.478 e. The van der Waals surface area contributed by atoms with E-state index >= 15 is 0 Å². The SMILES string of the molecule is CCn1nc(C)c(CN(CCOC)Cc2ccc(C(=O)O)cc2)c1C. The summed E-state index contributed by atoms with van der Waals surface area (Å²) in [5.41, 5.74) is 4.90. The molecule has 0 radical (unpaired) electrons. The van der Waals surface area contributed by atoms with Crippen LogP contribution < -0.4 is 0 Å². The summed E-state index contributed by atoms with van der Waals surface area (Å²) >= 11 is 0. The van der Waals surface area contributed by atoms with Gasteiger partial charge >= 0.3 is 5.97 Å². The number of rotatable bonds is 9. The van der Waals surface area contributed by atoms with Crippen LogP contribution in [0.2, 0.25) is 0 Å². The number of aromatic nitrogens is 2. The molecule has 25 heavy (non-hydrogen) atoms. The summed E-state index contributed by atoms with van der Waals surface area (Å²) < 4.78 is 7.27. The number of nitrogens with zero attached hydrogens (tertiary/aromatic N) is 3. The molecule has 136 valence electrons. The standard InChI is InChI=1S/C19H27N3O3/c1-5-22-15(3)18(14(2)20-22)13-21(10-11-25-4)12-16-6-8-17(9-7-16)19(23)24/h6-9H,5,10-13H2,1-4H3,(H,23,24). The zero-order valence-electron chi connectivity index (χ0n) is 15.5. The van der Waals surface area contributed by atoms with Gasteiger partial charge in [0.05, 0.1) is 17.9 Å². The van der Waals surface area contributed by atoms with E-state index in [9.17, 15) is 4.79 Å². The van der Waals surface area contributed by atoms with Crippen molar-refractivity contribution in [1.82, 2.24) is 14.7 Å². The van der Waals surface area contributed by atoms with Crippen molar-refractivity contribution < 1.29 is 14.6 Å². The Balaban J connectivity index is 2.15. The van der Waals surface area contributed by atoms with Gasteiger partial charge in [0.15, 0.2) is 0 Å². The van der Waals surface area contributed by atoms with Gasteiger partial charge in [-0.15, -0.1) is 0 Å². The first-order valence-corrected chi connectivity index (χ1v) is 8.52. The molecule has 0 aliphatic carbocycles. The Labute approximate surface area is 149 Å². The zero-order valence-corrected chi connectivity index (χ0v) is 15.5. The van der Waals surface area contributed by atoms with Crippen LogP contribution in [0.3, 0.4) is 0 Å². The van der Waals surface area contributed by atoms with Crippen LogP contribution in [0.25, 0.3) is 0 Å². The van der Waals surface area contributed by atoms with Crippen molar-refractivity contribution >= 4 is 5.97 Å². The molecule has 0 aliphatic heterocycles. The van der Waals surface area contributed by atoms with E-state index in [2.05, 4.69) is 23.8 Å². The van der Waals surface area contributed by atoms with Gasteiger partial charge in [-0.1, -0.05) is 12.1 Å². The Morgan fingerprint density at radius 2 is 1.92 bits per heavy atom. The first-order valence-electron chi connectivity index (χ1n) is 8.52. The Morgan fingerprint density at radius 3 is 2.44 bits per heavy atom. The fourth-order valence-electron chi connectivity index (χ4n) is 2.94. The number of carboxylic acid groups (broad SMARTS) is 1. The number of ether oxygens (including phenoxy) is 1. The minimum Gasteiger partial charge on any atom is -0.478 e. The fourth-order valence-corrected chi connectivity index (χ4v) is 2.94. The molecular weight excluding hydrogens is 318 g/mol. The zero-order chi connectivity index (χ0) is 18.4. The predicted molar refractivity (Wildman–Crippen MR) is 96.8 cm³/mol. The topological polar surface area (TPSA) is 67.6 Å². The molecule has 0 fully saturated rings. The number of hydrogen-bond donors (Lipinski definition) is 1. The van der Waals surface area contributed by atoms with Crippen LogP contribution in [0.15, 0.2) is 24.3 Å². The maximum absolute atomic E-state index is 11.0. The van der Waals surface area contributed by atoms with Gasteiger partial charge in [-0.25, -0.2) is 4.79 Å². The van der Waals surface area contributed by atoms with Crippen LogP contribution in [0, 0.1) is 13.8 Å². The number of aromatic carboxylic acids is 1. The van der Waals surface area contributed by atoms with E-state index in [1.165, 1.54) is 11.3 Å². The van der Waals surface area contributed by atoms with E-state index < -0.39 is 5.97 Å². The summed E-state index contributed by atoms with van der Waals surface area (Å²) in [5.74, 6) is -0.902. The Morgan fingerprint density at radius 1 is 1.24 bits per heavy atom. The molecule has 0 aliphatic rings. The second kappa shape index (κ2) is 8.78. The van der Waals surface area contributed by atoms with Crippen molar-refractivity contribution in [1.29, 1.82) is 0 Å². The monoisotopic (exact) mass is 345 g/mol. The number of carboxylic acids is 1. The fraction of sp³-hybridized carbons (Fsp3) is 0.474. The molecule has 2 aromatic rings. The molecule has 0 unspecified atom stereocenters. The van der Waals surface area contributed by atoms with E-state index in [0.29, 0.717) is 12.2 Å². The lowest BCUT2D eigenvalue weighted by molar-refractivity contribution is 0.0697. The maximum Gasteiger partial charge on any atom is 0.335 e. The van der Waals surface area contributed by atoms with Crippen LogP contribution in [0.4, 0.5) is 0 Å². The van der Waals surface area contributed by atoms with Gasteiger partial charge in [0, 0.05) is 44.5 Å². The minimum atomic E-state index is -0.902. The summed E-state index contributed by atoms with van der Waals surface area (Å²) in [6.07, 6.45) is 0. The Kier molecular flexibility index (Phi) is 6.73. The molecule has 1 N–H and O–H groups in total. The van der Waals surface area contributed by atoms with Crippen molar-refractivity contribution in [3.05, 3.63) is 52.3 Å². The van der Waals surface area contributed by atoms with E-state index in [1.807, 2.05) is 23.7 Å². The number of methoxy groups -OCH3 is 1. The predicted octanol–water partition coefficient (Wildman–Crippen LogP) is 2.87. The molecule has 2 rings (SSSR count). The van der Waals surface area contributed by atoms with Gasteiger partial charge < -0.3 is 9.84 Å². The molecule has 0 atom stereocenters. The Hall–Kier alpha value is -2.18. The van der Waals surface area contributed by atoms with Crippen LogP contribution in [0.1, 0.15) is 39.8 Å². The normalized spacial score (nSPS) is 11.2. The molecule has 6 heteroatoms. The number of benzene rings is 1. The van der Waals surface area contributed by atoms with Crippen molar-refractivity contribution in [2.75, 3.05) is 20.3 Å². The van der Waals surface area contributed by atoms with E-state index in [1.54, 1.807) is 19.2 Å². The van der Waals surface area contributed by atoms with Gasteiger partial charge in [0.2, 0.25) is 0 Å². The molecule has 0 bridgehead atoms. The van der Waals surface area contributed by atoms with E-state index in [0.717, 1.165) is 37.4 Å². The van der Waals surface area contributed by atoms with Gasteiger partial charge in [-0.3, -0.25) is 9.58 Å². The van der Waals surface area contributed by atoms with Crippen LogP contribution >= 0.6 is 0 Å². The second-order valence-corrected chi connectivity index (χ2v) is 6.17. The highest BCUT2D eigenvalue weighted by molar-refractivity contribution is 5.87. The average molecular weight is 345 g/mol. The molecule has 0 saturated heterocycles. The minimum absolute atomic E-state index is 0.308. The summed E-state index contributed by atoms with van der Waals surface area (Å²) in [5, 5.41) is 13.6. The highest BCUT2D eigenvalue weighted by Crippen LogP contribution is 2.17. The quantitative estimate of drug-likeness (QED) is 0.757. The lowest BCUT2D eigenvalue weighted by Crippen LogP contribution is -2.27. The van der Waals surface area contributed by atoms with Crippen molar-refractivity contribution in [3.8, 4) is 0 Å². The molecule has 1 heterocycles. The molecule has 1 aromatic carbocycles. The summed E-state index contributed by atoms with van der Waals surface area (Å²) in [6, 6.07) is 7.05. The first kappa shape index (κ1) is 19.1. The molecule has 1 aromatic heterocycles. The summed E-state index contributed by atoms with van der Waals surface area (Å²) in [7, 11) is 1.70. The van der Waals surface area contributed by atoms with Crippen molar-refractivity contribution in [2.24, 2.45) is 0 Å². The number of hydrogen-bond acceptors (Lipinski definition) is 4. The first-order chi connectivity index (χ1) is 12.0. The second-order valence-electron chi connectivity index (χ2n) is 6.17. The molecular formula is C19H27N3O3. The highest BCUT2D eigenvalue weighted by atomic mass is 16.5. The third-order valence-corrected chi connectivity index (χ3v) is 4.43. The third kappa shape index (κ3) is 4.90. The van der Waals surface area contributed by atoms with E-state index in [4.69, 9.17) is 9.84 Å². The van der Waals surface area contributed by atoms with E-state index in [-0.39, 0.29) is 0 Å². The van der Waals surface area contributed by atoms with Crippen LogP contribution in [-0.4, -0.2) is 46.0 Å². The maximum atomic E-state index is 11.0. The molecule has 0 amide bonds. The van der Waals surface area contributed by atoms with Gasteiger partial charge in [-0.2, -0.15) is 5.10 Å². The average Bonchev–Trinajstić information content (AvgIpc) is 2.87. The van der Waals surface area contributed by atoms with Crippen molar-refractivity contribution in [2.45, 2.75) is 40.4 Å². The molecule has 6 nitrogen and oxygen atoms in total. The third-order valence-electron chi connectivity index (χ3n) is 4.43. The van der Waals surface area contributed by atoms with Crippen LogP contribution in [-0.2, 0) is 24.4 Å². The van der Waals surface area contributed by atoms with Gasteiger partial charge in [0.1, 0.15) is 0 Å². The summed E-state index contributed by atoms with van der Waals surface area (Å²) in [4.78, 5) is 13.3. The van der Waals surface area contributed by atoms with Gasteiger partial charge in [-0.05, 0) is 38.5 Å².